The summed E-state index contributed by atoms with van der Waals surface area (Å²) in [7, 11) is -1.93. The van der Waals surface area contributed by atoms with Crippen molar-refractivity contribution in [3.8, 4) is 5.75 Å². The molecule has 1 aliphatic heterocycles. The van der Waals surface area contributed by atoms with E-state index in [0.717, 1.165) is 22.5 Å². The zero-order valence-electron chi connectivity index (χ0n) is 16.3. The highest BCUT2D eigenvalue weighted by molar-refractivity contribution is 7.92. The first-order valence-electron chi connectivity index (χ1n) is 9.07. The maximum atomic E-state index is 11.7. The van der Waals surface area contributed by atoms with Crippen molar-refractivity contribution in [3.63, 3.8) is 0 Å². The van der Waals surface area contributed by atoms with Gasteiger partial charge >= 0.3 is 0 Å². The van der Waals surface area contributed by atoms with Crippen LogP contribution in [0.15, 0.2) is 60.1 Å². The molecule has 0 radical (unpaired) electrons. The third-order valence-electron chi connectivity index (χ3n) is 4.69. The van der Waals surface area contributed by atoms with Gasteiger partial charge in [0.25, 0.3) is 0 Å². The Balaban J connectivity index is 1.78. The van der Waals surface area contributed by atoms with Crippen LogP contribution in [0.4, 0.5) is 11.4 Å². The summed E-state index contributed by atoms with van der Waals surface area (Å²) in [5, 5.41) is 5.99. The molecular formula is C20H20N4O3S3. The van der Waals surface area contributed by atoms with E-state index in [1.807, 2.05) is 40.6 Å². The van der Waals surface area contributed by atoms with Crippen molar-refractivity contribution in [2.45, 2.75) is 12.1 Å². The van der Waals surface area contributed by atoms with Crippen molar-refractivity contribution < 1.29 is 13.2 Å². The number of thiophene rings is 1. The highest BCUT2D eigenvalue weighted by Gasteiger charge is 2.41. The number of anilines is 2. The SMILES string of the molecule is COc1cc(N2C(=S)NC(c3ccccn3)C2c2cccs2)ccc1NS(C)(=O)=O. The number of pyridine rings is 1. The lowest BCUT2D eigenvalue weighted by atomic mass is 10.0. The maximum absolute atomic E-state index is 11.7. The smallest absolute Gasteiger partial charge is 0.229 e. The molecule has 4 rings (SSSR count). The molecule has 0 spiro atoms. The highest BCUT2D eigenvalue weighted by Crippen LogP contribution is 2.44. The van der Waals surface area contributed by atoms with Gasteiger partial charge in [-0.25, -0.2) is 8.42 Å². The molecule has 0 amide bonds. The number of sulfonamides is 1. The molecule has 30 heavy (non-hydrogen) atoms. The second-order valence-electron chi connectivity index (χ2n) is 6.77. The van der Waals surface area contributed by atoms with Gasteiger partial charge in [-0.1, -0.05) is 12.1 Å². The van der Waals surface area contributed by atoms with Crippen LogP contribution in [0.25, 0.3) is 0 Å². The van der Waals surface area contributed by atoms with Crippen LogP contribution < -0.4 is 19.7 Å². The first-order valence-corrected chi connectivity index (χ1v) is 12.2. The van der Waals surface area contributed by atoms with E-state index in [4.69, 9.17) is 17.0 Å². The third-order valence-corrected chi connectivity index (χ3v) is 6.54. The molecule has 156 valence electrons. The van der Waals surface area contributed by atoms with Crippen molar-refractivity contribution in [1.29, 1.82) is 0 Å². The van der Waals surface area contributed by atoms with Gasteiger partial charge in [0.1, 0.15) is 5.75 Å². The number of nitrogens with one attached hydrogen (secondary N) is 2. The fraction of sp³-hybridized carbons (Fsp3) is 0.200. The van der Waals surface area contributed by atoms with Crippen LogP contribution in [0.2, 0.25) is 0 Å². The van der Waals surface area contributed by atoms with Gasteiger partial charge in [0, 0.05) is 22.8 Å². The number of hydrogen-bond donors (Lipinski definition) is 2. The highest BCUT2D eigenvalue weighted by atomic mass is 32.2. The number of ether oxygens (including phenoxy) is 1. The molecule has 10 heteroatoms. The summed E-state index contributed by atoms with van der Waals surface area (Å²) in [6.45, 7) is 0. The second kappa shape index (κ2) is 8.21. The van der Waals surface area contributed by atoms with Crippen LogP contribution in [0.1, 0.15) is 22.7 Å². The van der Waals surface area contributed by atoms with Gasteiger partial charge in [0.15, 0.2) is 5.11 Å². The van der Waals surface area contributed by atoms with Crippen LogP contribution in [-0.4, -0.2) is 31.9 Å². The lowest BCUT2D eigenvalue weighted by molar-refractivity contribution is 0.417. The molecule has 2 N–H and O–H groups in total. The van der Waals surface area contributed by atoms with Crippen molar-refractivity contribution in [2.24, 2.45) is 0 Å². The number of nitrogens with zero attached hydrogens (tertiary/aromatic N) is 2. The topological polar surface area (TPSA) is 83.6 Å². The van der Waals surface area contributed by atoms with E-state index >= 15 is 0 Å². The van der Waals surface area contributed by atoms with Crippen LogP contribution in [-0.2, 0) is 10.0 Å². The van der Waals surface area contributed by atoms with Gasteiger partial charge in [-0.2, -0.15) is 0 Å². The number of aromatic nitrogens is 1. The van der Waals surface area contributed by atoms with Crippen molar-refractivity contribution in [3.05, 3.63) is 70.7 Å². The van der Waals surface area contributed by atoms with E-state index in [0.29, 0.717) is 16.5 Å². The largest absolute Gasteiger partial charge is 0.494 e. The van der Waals surface area contributed by atoms with Gasteiger partial charge in [-0.05, 0) is 47.9 Å². The third kappa shape index (κ3) is 4.11. The van der Waals surface area contributed by atoms with E-state index in [2.05, 4.69) is 21.1 Å². The lowest BCUT2D eigenvalue weighted by Crippen LogP contribution is -2.29. The monoisotopic (exact) mass is 460 g/mol. The van der Waals surface area contributed by atoms with E-state index in [9.17, 15) is 8.42 Å². The van der Waals surface area contributed by atoms with Crippen LogP contribution in [0.5, 0.6) is 5.75 Å². The van der Waals surface area contributed by atoms with Gasteiger partial charge in [0.05, 0.1) is 36.8 Å². The average Bonchev–Trinajstić information content (AvgIpc) is 3.35. The number of benzene rings is 1. The minimum absolute atomic E-state index is 0.106. The Morgan fingerprint density at radius 2 is 2.07 bits per heavy atom. The van der Waals surface area contributed by atoms with E-state index in [1.54, 1.807) is 29.7 Å². The van der Waals surface area contributed by atoms with Crippen molar-refractivity contribution in [2.75, 3.05) is 23.0 Å². The molecule has 3 heterocycles. The van der Waals surface area contributed by atoms with Gasteiger partial charge in [0.2, 0.25) is 10.0 Å². The fourth-order valence-corrected chi connectivity index (χ4v) is 5.26. The Hall–Kier alpha value is -2.69. The van der Waals surface area contributed by atoms with Crippen molar-refractivity contribution in [1.82, 2.24) is 10.3 Å². The Bertz CT molecular complexity index is 1150. The molecule has 2 unspecified atom stereocenters. The Morgan fingerprint density at radius 3 is 2.70 bits per heavy atom. The summed E-state index contributed by atoms with van der Waals surface area (Å²) in [5.41, 5.74) is 2.05. The lowest BCUT2D eigenvalue weighted by Gasteiger charge is -2.27. The average molecular weight is 461 g/mol. The Morgan fingerprint density at radius 1 is 1.23 bits per heavy atom. The summed E-state index contributed by atoms with van der Waals surface area (Å²) in [5.74, 6) is 0.409. The summed E-state index contributed by atoms with van der Waals surface area (Å²) >= 11 is 7.34. The maximum Gasteiger partial charge on any atom is 0.229 e. The predicted octanol–water partition coefficient (Wildman–Crippen LogP) is 3.70. The summed E-state index contributed by atoms with van der Waals surface area (Å²) in [6, 6.07) is 14.9. The van der Waals surface area contributed by atoms with Crippen LogP contribution >= 0.6 is 23.6 Å². The summed E-state index contributed by atoms with van der Waals surface area (Å²) < 4.78 is 31.2. The quantitative estimate of drug-likeness (QED) is 0.543. The number of rotatable bonds is 6. The van der Waals surface area contributed by atoms with E-state index in [-0.39, 0.29) is 12.1 Å². The molecular weight excluding hydrogens is 440 g/mol. The Labute approximate surface area is 184 Å². The Kier molecular flexibility index (Phi) is 5.63. The standard InChI is InChI=1S/C20H20N4O3S3/c1-27-16-12-13(8-9-14(16)23-30(2,25)26)24-19(17-7-5-11-29-17)18(22-20(24)28)15-6-3-4-10-21-15/h3-12,18-19,23H,1-2H3,(H,22,28). The zero-order valence-corrected chi connectivity index (χ0v) is 18.7. The van der Waals surface area contributed by atoms with Crippen LogP contribution in [0.3, 0.4) is 0 Å². The molecule has 2 atom stereocenters. The molecule has 1 fully saturated rings. The zero-order chi connectivity index (χ0) is 21.3. The molecule has 1 saturated heterocycles. The number of thiocarbonyl (C=S) groups is 1. The van der Waals surface area contributed by atoms with E-state index < -0.39 is 10.0 Å². The molecule has 0 aliphatic carbocycles. The number of methoxy groups -OCH3 is 1. The summed E-state index contributed by atoms with van der Waals surface area (Å²) in [6.07, 6.45) is 2.87. The molecule has 7 nitrogen and oxygen atoms in total. The predicted molar refractivity (Wildman–Crippen MR) is 124 cm³/mol. The van der Waals surface area contributed by atoms with E-state index in [1.165, 1.54) is 7.11 Å². The fourth-order valence-electron chi connectivity index (χ4n) is 3.50. The molecule has 3 aromatic rings. The van der Waals surface area contributed by atoms with Gasteiger partial charge < -0.3 is 15.0 Å². The molecule has 0 saturated carbocycles. The summed E-state index contributed by atoms with van der Waals surface area (Å²) in [4.78, 5) is 7.68. The molecule has 0 bridgehead atoms. The minimum atomic E-state index is -3.43. The number of hydrogen-bond acceptors (Lipinski definition) is 6. The van der Waals surface area contributed by atoms with Gasteiger partial charge in [-0.3, -0.25) is 9.71 Å². The molecule has 2 aromatic heterocycles. The van der Waals surface area contributed by atoms with Crippen molar-refractivity contribution >= 4 is 50.1 Å². The first-order chi connectivity index (χ1) is 14.4. The first kappa shape index (κ1) is 20.6. The minimum Gasteiger partial charge on any atom is -0.494 e. The second-order valence-corrected chi connectivity index (χ2v) is 9.89. The van der Waals surface area contributed by atoms with Gasteiger partial charge in [-0.15, -0.1) is 11.3 Å². The molecule has 1 aromatic carbocycles. The van der Waals surface area contributed by atoms with Crippen LogP contribution in [0, 0.1) is 0 Å². The normalized spacial score (nSPS) is 18.9. The molecule has 1 aliphatic rings.